The third-order valence-corrected chi connectivity index (χ3v) is 11.5. The highest BCUT2D eigenvalue weighted by molar-refractivity contribution is 6.05. The van der Waals surface area contributed by atoms with E-state index in [1.807, 2.05) is 26.8 Å². The van der Waals surface area contributed by atoms with Crippen LogP contribution >= 0.6 is 0 Å². The number of hydrogen-bond acceptors (Lipinski definition) is 7. The largest absolute Gasteiger partial charge is 0.461 e. The average Bonchev–Trinajstić information content (AvgIpc) is 3.28. The van der Waals surface area contributed by atoms with Crippen LogP contribution in [0.3, 0.4) is 0 Å². The van der Waals surface area contributed by atoms with Crippen LogP contribution in [-0.4, -0.2) is 40.1 Å². The second-order valence-electron chi connectivity index (χ2n) is 14.2. The van der Waals surface area contributed by atoms with Gasteiger partial charge in [0.2, 0.25) is 5.79 Å². The number of esters is 1. The maximum atomic E-state index is 14.6. The standard InChI is InChI=1S/C32H42O7/c1-14(2)19-11-20-17(5)25-26-27(35)24-15(3)13-31(36)23(29(7,8)38-39-31)12-21(24)30(26,9)32(20,16(4)10-22(19)34)28(25)37-18(6)33/h12,14-16,19,25-26,28,36H,10-11,13H2,1-9H3/t15-,16-,19+,25+,26+,28?,30-,31?,32+/m1/s1. The lowest BCUT2D eigenvalue weighted by Crippen LogP contribution is -2.51. The van der Waals surface area contributed by atoms with Crippen LogP contribution in [0.15, 0.2) is 33.9 Å². The molecule has 7 heteroatoms. The van der Waals surface area contributed by atoms with Crippen LogP contribution in [0.25, 0.3) is 0 Å². The molecule has 0 aromatic heterocycles. The van der Waals surface area contributed by atoms with E-state index < -0.39 is 34.2 Å². The van der Waals surface area contributed by atoms with Gasteiger partial charge in [-0.25, -0.2) is 4.89 Å². The number of rotatable bonds is 2. The Morgan fingerprint density at radius 3 is 2.41 bits per heavy atom. The third kappa shape index (κ3) is 3.02. The zero-order valence-corrected chi connectivity index (χ0v) is 24.6. The van der Waals surface area contributed by atoms with Gasteiger partial charge in [-0.2, -0.15) is 4.89 Å². The molecule has 1 N–H and O–H groups in total. The molecule has 6 aliphatic rings. The van der Waals surface area contributed by atoms with Crippen LogP contribution in [0, 0.1) is 46.3 Å². The smallest absolute Gasteiger partial charge is 0.302 e. The maximum Gasteiger partial charge on any atom is 0.302 e. The minimum absolute atomic E-state index is 0.0692. The molecule has 2 unspecified atom stereocenters. The number of Topliss-reactive ketones (excluding diaryl/α,β-unsaturated/α-hetero) is 2. The van der Waals surface area contributed by atoms with E-state index in [4.69, 9.17) is 14.5 Å². The van der Waals surface area contributed by atoms with E-state index in [9.17, 15) is 19.5 Å². The molecule has 0 amide bonds. The first-order valence-electron chi connectivity index (χ1n) is 14.5. The molecule has 1 saturated heterocycles. The molecule has 0 aromatic carbocycles. The molecule has 212 valence electrons. The quantitative estimate of drug-likeness (QED) is 0.299. The maximum absolute atomic E-state index is 14.6. The van der Waals surface area contributed by atoms with Crippen LogP contribution in [-0.2, 0) is 28.9 Å². The van der Waals surface area contributed by atoms with Crippen LogP contribution in [0.4, 0.5) is 0 Å². The summed E-state index contributed by atoms with van der Waals surface area (Å²) < 4.78 is 6.23. The van der Waals surface area contributed by atoms with E-state index >= 15 is 0 Å². The van der Waals surface area contributed by atoms with Crippen molar-refractivity contribution in [2.75, 3.05) is 0 Å². The summed E-state index contributed by atoms with van der Waals surface area (Å²) >= 11 is 0. The molecule has 39 heavy (non-hydrogen) atoms. The number of hydrogen-bond donors (Lipinski definition) is 1. The van der Waals surface area contributed by atoms with Gasteiger partial charge in [0.1, 0.15) is 17.5 Å². The fourth-order valence-electron chi connectivity index (χ4n) is 10.1. The Morgan fingerprint density at radius 1 is 1.13 bits per heavy atom. The molecular formula is C32H42O7. The lowest BCUT2D eigenvalue weighted by Gasteiger charge is -2.52. The van der Waals surface area contributed by atoms with Crippen molar-refractivity contribution in [1.82, 2.24) is 0 Å². The zero-order valence-electron chi connectivity index (χ0n) is 24.6. The van der Waals surface area contributed by atoms with Gasteiger partial charge in [-0.3, -0.25) is 14.4 Å². The minimum atomic E-state index is -1.63. The van der Waals surface area contributed by atoms with Crippen molar-refractivity contribution >= 4 is 17.5 Å². The second-order valence-corrected chi connectivity index (χ2v) is 14.2. The van der Waals surface area contributed by atoms with Crippen molar-refractivity contribution in [1.29, 1.82) is 0 Å². The molecule has 1 heterocycles. The number of carbonyl (C=O) groups is 3. The normalized spacial score (nSPS) is 46.1. The fraction of sp³-hybridized carbons (Fsp3) is 0.719. The first-order valence-corrected chi connectivity index (χ1v) is 14.5. The Labute approximate surface area is 230 Å². The molecule has 0 radical (unpaired) electrons. The van der Waals surface area contributed by atoms with Crippen molar-refractivity contribution in [2.45, 2.75) is 99.1 Å². The Balaban J connectivity index is 1.66. The summed E-state index contributed by atoms with van der Waals surface area (Å²) in [7, 11) is 0. The van der Waals surface area contributed by atoms with E-state index in [-0.39, 0.29) is 53.5 Å². The molecule has 2 bridgehead atoms. The minimum Gasteiger partial charge on any atom is -0.461 e. The molecule has 3 fully saturated rings. The highest BCUT2D eigenvalue weighted by Crippen LogP contribution is 2.79. The topological polar surface area (TPSA) is 99.1 Å². The van der Waals surface area contributed by atoms with Crippen molar-refractivity contribution < 1.29 is 34.0 Å². The fourth-order valence-corrected chi connectivity index (χ4v) is 10.1. The molecule has 7 nitrogen and oxygen atoms in total. The Bertz CT molecular complexity index is 1300. The van der Waals surface area contributed by atoms with Crippen molar-refractivity contribution in [3.05, 3.63) is 33.9 Å². The van der Waals surface area contributed by atoms with E-state index in [1.165, 1.54) is 12.5 Å². The van der Waals surface area contributed by atoms with Crippen molar-refractivity contribution in [3.8, 4) is 0 Å². The summed E-state index contributed by atoms with van der Waals surface area (Å²) in [5, 5.41) is 11.6. The van der Waals surface area contributed by atoms with E-state index in [0.29, 0.717) is 18.4 Å². The van der Waals surface area contributed by atoms with Crippen LogP contribution < -0.4 is 0 Å². The average molecular weight is 539 g/mol. The van der Waals surface area contributed by atoms with E-state index in [0.717, 1.165) is 16.7 Å². The van der Waals surface area contributed by atoms with Crippen LogP contribution in [0.1, 0.15) is 81.6 Å². The molecule has 1 spiro atoms. The highest BCUT2D eigenvalue weighted by atomic mass is 17.2. The number of aliphatic hydroxyl groups is 1. The molecule has 9 atom stereocenters. The first kappa shape index (κ1) is 27.1. The molecule has 5 aliphatic carbocycles. The van der Waals surface area contributed by atoms with Gasteiger partial charge in [0.15, 0.2) is 5.78 Å². The molecule has 1 aliphatic heterocycles. The lowest BCUT2D eigenvalue weighted by atomic mass is 9.51. The first-order chi connectivity index (χ1) is 18.0. The van der Waals surface area contributed by atoms with Gasteiger partial charge in [-0.15, -0.1) is 0 Å². The van der Waals surface area contributed by atoms with Crippen molar-refractivity contribution in [3.63, 3.8) is 0 Å². The van der Waals surface area contributed by atoms with Crippen molar-refractivity contribution in [2.24, 2.45) is 46.3 Å². The lowest BCUT2D eigenvalue weighted by molar-refractivity contribution is -0.390. The number of allylic oxidation sites excluding steroid dienone is 3. The third-order valence-electron chi connectivity index (χ3n) is 11.5. The second kappa shape index (κ2) is 8.01. The van der Waals surface area contributed by atoms with Gasteiger partial charge < -0.3 is 9.84 Å². The van der Waals surface area contributed by atoms with Gasteiger partial charge in [0, 0.05) is 59.5 Å². The van der Waals surface area contributed by atoms with Gasteiger partial charge in [0.05, 0.1) is 0 Å². The summed E-state index contributed by atoms with van der Waals surface area (Å²) in [5.41, 5.74) is 2.21. The summed E-state index contributed by atoms with van der Waals surface area (Å²) in [6, 6.07) is 0. The zero-order chi connectivity index (χ0) is 28.6. The summed E-state index contributed by atoms with van der Waals surface area (Å²) in [5.74, 6) is -2.70. The number of ether oxygens (including phenoxy) is 1. The van der Waals surface area contributed by atoms with Gasteiger partial charge >= 0.3 is 5.97 Å². The Hall–Kier alpha value is -2.09. The Kier molecular flexibility index (Phi) is 5.57. The Morgan fingerprint density at radius 2 is 1.79 bits per heavy atom. The monoisotopic (exact) mass is 538 g/mol. The molecule has 6 rings (SSSR count). The number of carbonyl (C=O) groups excluding carboxylic acids is 3. The number of fused-ring (bicyclic) bond motifs is 5. The van der Waals surface area contributed by atoms with Crippen LogP contribution in [0.5, 0.6) is 0 Å². The van der Waals surface area contributed by atoms with E-state index in [1.54, 1.807) is 0 Å². The predicted molar refractivity (Wildman–Crippen MR) is 143 cm³/mol. The van der Waals surface area contributed by atoms with Crippen LogP contribution in [0.2, 0.25) is 0 Å². The molecular weight excluding hydrogens is 496 g/mol. The summed E-state index contributed by atoms with van der Waals surface area (Å²) in [4.78, 5) is 52.0. The molecule has 0 aromatic rings. The number of ketones is 2. The molecule has 2 saturated carbocycles. The predicted octanol–water partition coefficient (Wildman–Crippen LogP) is 5.03. The highest BCUT2D eigenvalue weighted by Gasteiger charge is 2.80. The SMILES string of the molecule is CC(=O)OC1[C@H]2C(C)=C3C[C@@H](C(C)C)C(=O)C[C@@H](C)[C@]31[C@]1(C)C3=C(C(=O)[C@H]21)[C@H](C)CC1(O)OOC(C)(C)C1=C3. The van der Waals surface area contributed by atoms with E-state index in [2.05, 4.69) is 34.6 Å². The van der Waals surface area contributed by atoms with Gasteiger partial charge in [-0.1, -0.05) is 51.8 Å². The summed E-state index contributed by atoms with van der Waals surface area (Å²) in [6.07, 6.45) is 2.65. The van der Waals surface area contributed by atoms with Gasteiger partial charge in [-0.05, 0) is 50.5 Å². The summed E-state index contributed by atoms with van der Waals surface area (Å²) in [6.45, 7) is 17.7. The van der Waals surface area contributed by atoms with Gasteiger partial charge in [0.25, 0.3) is 0 Å².